The van der Waals surface area contributed by atoms with E-state index in [1.54, 1.807) is 42.5 Å². The van der Waals surface area contributed by atoms with E-state index in [2.05, 4.69) is 35.8 Å². The maximum absolute atomic E-state index is 15.6. The molecule has 10 nitrogen and oxygen atoms in total. The summed E-state index contributed by atoms with van der Waals surface area (Å²) >= 11 is 0. The van der Waals surface area contributed by atoms with Crippen LogP contribution < -0.4 is 20.3 Å². The minimum Gasteiger partial charge on any atom is -0.493 e. The molecule has 0 saturated carbocycles. The van der Waals surface area contributed by atoms with E-state index in [9.17, 15) is 0 Å². The highest BCUT2D eigenvalue weighted by Gasteiger charge is 2.39. The largest absolute Gasteiger partial charge is 0.493 e. The molecule has 9 rings (SSSR count). The number of aromatic nitrogens is 4. The van der Waals surface area contributed by atoms with Crippen LogP contribution in [0.2, 0.25) is 0 Å². The minimum absolute atomic E-state index is 0.208. The lowest BCUT2D eigenvalue weighted by Crippen LogP contribution is -2.54. The van der Waals surface area contributed by atoms with Crippen molar-refractivity contribution in [3.8, 4) is 34.0 Å². The van der Waals surface area contributed by atoms with Crippen molar-refractivity contribution in [2.24, 2.45) is 11.8 Å². The zero-order valence-electron chi connectivity index (χ0n) is 35.4. The average Bonchev–Trinajstić information content (AvgIpc) is 3.30. The number of likely N-dealkylation sites (tertiary alicyclic amines) is 2. The molecule has 0 spiro atoms. The van der Waals surface area contributed by atoms with Crippen LogP contribution in [-0.4, -0.2) is 75.2 Å². The summed E-state index contributed by atoms with van der Waals surface area (Å²) < 4.78 is 42.6. The fourth-order valence-corrected chi connectivity index (χ4v) is 9.07. The topological polar surface area (TPSA) is 106 Å². The molecule has 5 aromatic carbocycles. The Labute approximate surface area is 361 Å². The Morgan fingerprint density at radius 1 is 0.710 bits per heavy atom. The third kappa shape index (κ3) is 8.55. The minimum atomic E-state index is -0.367. The second-order valence-corrected chi connectivity index (χ2v) is 16.8. The van der Waals surface area contributed by atoms with Crippen molar-refractivity contribution >= 4 is 27.8 Å². The molecular formula is C50H52F2N8O2. The van der Waals surface area contributed by atoms with Gasteiger partial charge in [0.25, 0.3) is 0 Å². The molecule has 2 saturated heterocycles. The second-order valence-electron chi connectivity index (χ2n) is 16.8. The van der Waals surface area contributed by atoms with Crippen LogP contribution in [-0.2, 0) is 6.54 Å². The summed E-state index contributed by atoms with van der Waals surface area (Å²) in [6.07, 6.45) is 3.21. The Morgan fingerprint density at radius 2 is 1.32 bits per heavy atom. The number of hydrogen-bond acceptors (Lipinski definition) is 10. The zero-order valence-corrected chi connectivity index (χ0v) is 35.4. The first-order valence-corrected chi connectivity index (χ1v) is 21.6. The van der Waals surface area contributed by atoms with E-state index in [1.807, 2.05) is 60.7 Å². The van der Waals surface area contributed by atoms with E-state index in [0.29, 0.717) is 58.7 Å². The van der Waals surface area contributed by atoms with Gasteiger partial charge in [0.15, 0.2) is 11.5 Å². The lowest BCUT2D eigenvalue weighted by molar-refractivity contribution is 0.0378. The van der Waals surface area contributed by atoms with Crippen molar-refractivity contribution in [2.45, 2.75) is 64.2 Å². The number of anilines is 1. The number of benzene rings is 5. The van der Waals surface area contributed by atoms with Crippen LogP contribution in [0.4, 0.5) is 14.7 Å². The summed E-state index contributed by atoms with van der Waals surface area (Å²) in [5.41, 5.74) is 4.48. The number of methoxy groups -OCH3 is 1. The maximum atomic E-state index is 15.6. The van der Waals surface area contributed by atoms with Gasteiger partial charge in [-0.25, -0.2) is 34.6 Å². The first kappa shape index (κ1) is 41.3. The molecule has 2 fully saturated rings. The SMILES string of the molecule is COc1ccc(CN2CCC(N3CCC(N(N)c4nc(-c5ccccc5F)c5ccccc5n4)CC3c3nc(-c4ccccc4F)c4ccccc4n3)CC2)cc1OCC(C)C. The van der Waals surface area contributed by atoms with Crippen LogP contribution in [0, 0.1) is 17.6 Å². The fourth-order valence-electron chi connectivity index (χ4n) is 9.07. The van der Waals surface area contributed by atoms with Gasteiger partial charge in [0, 0.05) is 41.0 Å². The van der Waals surface area contributed by atoms with Crippen LogP contribution in [0.1, 0.15) is 57.0 Å². The van der Waals surface area contributed by atoms with Crippen molar-refractivity contribution in [3.63, 3.8) is 0 Å². The molecule has 2 unspecified atom stereocenters. The van der Waals surface area contributed by atoms with Crippen LogP contribution >= 0.6 is 0 Å². The van der Waals surface area contributed by atoms with Gasteiger partial charge in [0.05, 0.1) is 48.2 Å². The number of halogens is 2. The highest BCUT2D eigenvalue weighted by atomic mass is 19.1. The second kappa shape index (κ2) is 18.1. The van der Waals surface area contributed by atoms with Gasteiger partial charge in [-0.1, -0.05) is 80.6 Å². The van der Waals surface area contributed by atoms with Gasteiger partial charge < -0.3 is 9.47 Å². The fraction of sp³-hybridized carbons (Fsp3) is 0.320. The maximum Gasteiger partial charge on any atom is 0.241 e. The van der Waals surface area contributed by atoms with Crippen molar-refractivity contribution < 1.29 is 18.3 Å². The number of hydrogen-bond donors (Lipinski definition) is 1. The lowest BCUT2D eigenvalue weighted by Gasteiger charge is -2.47. The Kier molecular flexibility index (Phi) is 12.1. The van der Waals surface area contributed by atoms with E-state index in [4.69, 9.17) is 35.3 Å². The summed E-state index contributed by atoms with van der Waals surface area (Å²) in [5, 5.41) is 3.18. The predicted octanol–water partition coefficient (Wildman–Crippen LogP) is 9.78. The summed E-state index contributed by atoms with van der Waals surface area (Å²) in [7, 11) is 1.67. The van der Waals surface area contributed by atoms with Crippen LogP contribution in [0.5, 0.6) is 11.5 Å². The number of nitrogens with zero attached hydrogens (tertiary/aromatic N) is 7. The number of fused-ring (bicyclic) bond motifs is 2. The van der Waals surface area contributed by atoms with E-state index < -0.39 is 0 Å². The standard InChI is InChI=1S/C50H52F2N8O2/c1-32(2)31-62-46-28-33(20-21-45(46)61-3)30-58-25-22-34(23-26-58)59-27-24-35(60(53)50-55-43-19-11-7-15-39(43)48(57-50)37-13-5-9-17-41(37)52)29-44(59)49-54-42-18-10-6-14-38(42)47(56-49)36-12-4-8-16-40(36)51/h4-21,28,32,34-35,44H,22-27,29-31,53H2,1-3H3. The van der Waals surface area contributed by atoms with Crippen LogP contribution in [0.15, 0.2) is 115 Å². The van der Waals surface area contributed by atoms with Gasteiger partial charge in [0.1, 0.15) is 17.5 Å². The smallest absolute Gasteiger partial charge is 0.241 e. The quantitative estimate of drug-likeness (QED) is 0.0945. The molecule has 0 radical (unpaired) electrons. The van der Waals surface area contributed by atoms with Gasteiger partial charge in [-0.05, 0) is 98.8 Å². The molecule has 2 aliphatic heterocycles. The van der Waals surface area contributed by atoms with E-state index in [0.717, 1.165) is 73.2 Å². The van der Waals surface area contributed by atoms with E-state index in [1.165, 1.54) is 17.7 Å². The van der Waals surface area contributed by atoms with Crippen molar-refractivity contribution in [1.82, 2.24) is 29.7 Å². The van der Waals surface area contributed by atoms with Crippen molar-refractivity contribution in [1.29, 1.82) is 0 Å². The lowest BCUT2D eigenvalue weighted by atomic mass is 9.91. The molecule has 12 heteroatoms. The molecule has 7 aromatic rings. The molecular weight excluding hydrogens is 783 g/mol. The normalized spacial score (nSPS) is 17.8. The highest BCUT2D eigenvalue weighted by Crippen LogP contribution is 2.40. The van der Waals surface area contributed by atoms with Gasteiger partial charge in [-0.15, -0.1) is 0 Å². The number of para-hydroxylation sites is 2. The summed E-state index contributed by atoms with van der Waals surface area (Å²) in [4.78, 5) is 25.3. The molecule has 0 bridgehead atoms. The molecule has 318 valence electrons. The summed E-state index contributed by atoms with van der Waals surface area (Å²) in [6, 6.07) is 34.9. The molecule has 62 heavy (non-hydrogen) atoms. The third-order valence-electron chi connectivity index (χ3n) is 12.2. The number of rotatable bonds is 12. The Bertz CT molecular complexity index is 2690. The predicted molar refractivity (Wildman–Crippen MR) is 241 cm³/mol. The number of nitrogens with two attached hydrogens (primary N) is 1. The Hall–Kier alpha value is -6.08. The molecule has 2 atom stereocenters. The molecule has 0 aliphatic carbocycles. The summed E-state index contributed by atoms with van der Waals surface area (Å²) in [5.74, 6) is 9.23. The summed E-state index contributed by atoms with van der Waals surface area (Å²) in [6.45, 7) is 8.26. The van der Waals surface area contributed by atoms with Gasteiger partial charge in [0.2, 0.25) is 5.95 Å². The van der Waals surface area contributed by atoms with Gasteiger partial charge >= 0.3 is 0 Å². The van der Waals surface area contributed by atoms with Crippen molar-refractivity contribution in [2.75, 3.05) is 38.4 Å². The van der Waals surface area contributed by atoms with E-state index >= 15 is 8.78 Å². The Morgan fingerprint density at radius 3 is 1.97 bits per heavy atom. The molecule has 2 aromatic heterocycles. The van der Waals surface area contributed by atoms with Crippen molar-refractivity contribution in [3.05, 3.63) is 138 Å². The molecule has 4 heterocycles. The first-order chi connectivity index (χ1) is 30.2. The van der Waals surface area contributed by atoms with E-state index in [-0.39, 0.29) is 29.8 Å². The number of piperidine rings is 2. The van der Waals surface area contributed by atoms with Gasteiger partial charge in [-0.2, -0.15) is 0 Å². The monoisotopic (exact) mass is 834 g/mol. The van der Waals surface area contributed by atoms with Gasteiger partial charge in [-0.3, -0.25) is 14.8 Å². The number of ether oxygens (including phenoxy) is 2. The Balaban J connectivity index is 1.03. The molecule has 0 amide bonds. The molecule has 2 aliphatic rings. The first-order valence-electron chi connectivity index (χ1n) is 21.6. The zero-order chi connectivity index (χ0) is 42.7. The number of hydrazine groups is 1. The highest BCUT2D eigenvalue weighted by molar-refractivity contribution is 5.94. The average molecular weight is 835 g/mol. The molecule has 2 N–H and O–H groups in total. The van der Waals surface area contributed by atoms with Crippen LogP contribution in [0.25, 0.3) is 44.3 Å². The third-order valence-corrected chi connectivity index (χ3v) is 12.2. The van der Waals surface area contributed by atoms with Crippen LogP contribution in [0.3, 0.4) is 0 Å².